The zero-order valence-corrected chi connectivity index (χ0v) is 14.2. The minimum absolute atomic E-state index is 0.578. The van der Waals surface area contributed by atoms with E-state index >= 15 is 0 Å². The van der Waals surface area contributed by atoms with Crippen LogP contribution in [-0.4, -0.2) is 30.8 Å². The molecule has 0 atom stereocenters. The van der Waals surface area contributed by atoms with Gasteiger partial charge >= 0.3 is 0 Å². The second-order valence-electron chi connectivity index (χ2n) is 5.41. The molecule has 0 saturated heterocycles. The van der Waals surface area contributed by atoms with Crippen molar-refractivity contribution >= 4 is 21.7 Å². The minimum atomic E-state index is -3.22. The van der Waals surface area contributed by atoms with E-state index in [0.29, 0.717) is 5.69 Å². The maximum absolute atomic E-state index is 11.1. The third kappa shape index (κ3) is 4.24. The topological polar surface area (TPSA) is 76.0 Å². The van der Waals surface area contributed by atoms with Crippen LogP contribution in [0.15, 0.2) is 24.3 Å². The van der Waals surface area contributed by atoms with Crippen molar-refractivity contribution in [1.82, 2.24) is 9.55 Å². The van der Waals surface area contributed by atoms with Crippen LogP contribution in [0.25, 0.3) is 0 Å². The number of nitrogens with zero attached hydrogens (tertiary/aromatic N) is 2. The van der Waals surface area contributed by atoms with E-state index in [1.807, 2.05) is 37.6 Å². The van der Waals surface area contributed by atoms with E-state index in [-0.39, 0.29) is 0 Å². The molecule has 0 fully saturated rings. The van der Waals surface area contributed by atoms with E-state index < -0.39 is 10.0 Å². The number of nitrogens with one attached hydrogen (secondary N) is 2. The fourth-order valence-electron chi connectivity index (χ4n) is 2.15. The molecule has 0 amide bonds. The van der Waals surface area contributed by atoms with Crippen molar-refractivity contribution in [2.75, 3.05) is 22.8 Å². The second kappa shape index (κ2) is 6.39. The molecular formula is C15H22N4O2S. The number of rotatable bonds is 6. The molecule has 0 aliphatic rings. The molecule has 7 heteroatoms. The van der Waals surface area contributed by atoms with Gasteiger partial charge in [0, 0.05) is 25.0 Å². The zero-order chi connectivity index (χ0) is 16.3. The van der Waals surface area contributed by atoms with Gasteiger partial charge in [-0.25, -0.2) is 13.4 Å². The minimum Gasteiger partial charge on any atom is -0.355 e. The molecule has 22 heavy (non-hydrogen) atoms. The first-order chi connectivity index (χ1) is 10.3. The van der Waals surface area contributed by atoms with Gasteiger partial charge in [-0.05, 0) is 38.0 Å². The largest absolute Gasteiger partial charge is 0.355 e. The van der Waals surface area contributed by atoms with Crippen molar-refractivity contribution in [2.24, 2.45) is 7.05 Å². The van der Waals surface area contributed by atoms with Crippen molar-refractivity contribution in [3.63, 3.8) is 0 Å². The number of imidazole rings is 1. The monoisotopic (exact) mass is 322 g/mol. The maximum Gasteiger partial charge on any atom is 0.229 e. The molecule has 1 heterocycles. The van der Waals surface area contributed by atoms with Crippen molar-refractivity contribution < 1.29 is 8.42 Å². The van der Waals surface area contributed by atoms with E-state index in [2.05, 4.69) is 15.0 Å². The third-order valence-electron chi connectivity index (χ3n) is 3.57. The summed E-state index contributed by atoms with van der Waals surface area (Å²) in [5, 5.41) is 3.32. The van der Waals surface area contributed by atoms with Gasteiger partial charge < -0.3 is 9.88 Å². The second-order valence-corrected chi connectivity index (χ2v) is 7.16. The van der Waals surface area contributed by atoms with Gasteiger partial charge in [-0.1, -0.05) is 12.1 Å². The molecule has 0 aliphatic heterocycles. The number of aromatic nitrogens is 2. The summed E-state index contributed by atoms with van der Waals surface area (Å²) >= 11 is 0. The lowest BCUT2D eigenvalue weighted by molar-refractivity contribution is 0.607. The molecule has 1 aromatic heterocycles. The van der Waals surface area contributed by atoms with Gasteiger partial charge in [-0.15, -0.1) is 0 Å². The predicted molar refractivity (Wildman–Crippen MR) is 89.8 cm³/mol. The highest BCUT2D eigenvalue weighted by Gasteiger charge is 2.06. The van der Waals surface area contributed by atoms with Gasteiger partial charge in [0.2, 0.25) is 16.0 Å². The lowest BCUT2D eigenvalue weighted by Crippen LogP contribution is -2.10. The smallest absolute Gasteiger partial charge is 0.229 e. The first-order valence-electron chi connectivity index (χ1n) is 7.07. The van der Waals surface area contributed by atoms with Crippen molar-refractivity contribution in [2.45, 2.75) is 20.3 Å². The molecule has 2 N–H and O–H groups in total. The summed E-state index contributed by atoms with van der Waals surface area (Å²) in [5.74, 6) is 0.866. The van der Waals surface area contributed by atoms with Crippen LogP contribution in [0.4, 0.5) is 11.6 Å². The Morgan fingerprint density at radius 3 is 2.32 bits per heavy atom. The molecule has 0 saturated carbocycles. The Hall–Kier alpha value is -2.02. The lowest BCUT2D eigenvalue weighted by atomic mass is 10.1. The lowest BCUT2D eigenvalue weighted by Gasteiger charge is -2.08. The average molecular weight is 322 g/mol. The zero-order valence-electron chi connectivity index (χ0n) is 13.3. The molecule has 2 aromatic rings. The van der Waals surface area contributed by atoms with E-state index in [1.165, 1.54) is 0 Å². The Kier molecular flexibility index (Phi) is 4.75. The first-order valence-corrected chi connectivity index (χ1v) is 8.96. The fourth-order valence-corrected chi connectivity index (χ4v) is 2.71. The van der Waals surface area contributed by atoms with Crippen LogP contribution >= 0.6 is 0 Å². The predicted octanol–water partition coefficient (Wildman–Crippen LogP) is 2.06. The van der Waals surface area contributed by atoms with E-state index in [1.54, 1.807) is 12.1 Å². The van der Waals surface area contributed by atoms with E-state index in [9.17, 15) is 8.42 Å². The fraction of sp³-hybridized carbons (Fsp3) is 0.400. The van der Waals surface area contributed by atoms with E-state index in [0.717, 1.165) is 42.1 Å². The van der Waals surface area contributed by atoms with Gasteiger partial charge in [-0.3, -0.25) is 4.72 Å². The number of aryl methyl sites for hydroxylation is 1. The quantitative estimate of drug-likeness (QED) is 0.853. The third-order valence-corrected chi connectivity index (χ3v) is 4.18. The number of anilines is 2. The summed E-state index contributed by atoms with van der Waals surface area (Å²) in [6.07, 6.45) is 1.98. The number of benzene rings is 1. The van der Waals surface area contributed by atoms with Gasteiger partial charge in [0.05, 0.1) is 11.9 Å². The Bertz CT molecular complexity index is 749. The van der Waals surface area contributed by atoms with Gasteiger partial charge in [0.25, 0.3) is 0 Å². The van der Waals surface area contributed by atoms with Gasteiger partial charge in [0.15, 0.2) is 0 Å². The Morgan fingerprint density at radius 2 is 1.82 bits per heavy atom. The van der Waals surface area contributed by atoms with Crippen LogP contribution in [0.5, 0.6) is 0 Å². The molecule has 0 unspecified atom stereocenters. The molecule has 2 rings (SSSR count). The summed E-state index contributed by atoms with van der Waals surface area (Å²) in [4.78, 5) is 4.47. The molecular weight excluding hydrogens is 300 g/mol. The van der Waals surface area contributed by atoms with Crippen molar-refractivity contribution in [3.8, 4) is 0 Å². The summed E-state index contributed by atoms with van der Waals surface area (Å²) in [7, 11) is -1.23. The standard InChI is InChI=1S/C15H22N4O2S/c1-11-12(2)19(3)15(17-11)16-10-9-13-5-7-14(8-6-13)18-22(4,20)21/h5-8,18H,9-10H2,1-4H3,(H,16,17). The Morgan fingerprint density at radius 1 is 1.18 bits per heavy atom. The number of hydrogen-bond donors (Lipinski definition) is 2. The highest BCUT2D eigenvalue weighted by molar-refractivity contribution is 7.92. The highest BCUT2D eigenvalue weighted by Crippen LogP contribution is 2.14. The summed E-state index contributed by atoms with van der Waals surface area (Å²) < 4.78 is 26.8. The first kappa shape index (κ1) is 16.4. The Balaban J connectivity index is 1.91. The van der Waals surface area contributed by atoms with Crippen LogP contribution in [0.3, 0.4) is 0 Å². The number of sulfonamides is 1. The summed E-state index contributed by atoms with van der Waals surface area (Å²) in [6, 6.07) is 7.38. The van der Waals surface area contributed by atoms with E-state index in [4.69, 9.17) is 0 Å². The van der Waals surface area contributed by atoms with Gasteiger partial charge in [-0.2, -0.15) is 0 Å². The molecule has 1 aromatic carbocycles. The SMILES string of the molecule is Cc1nc(NCCc2ccc(NS(C)(=O)=O)cc2)n(C)c1C. The molecule has 6 nitrogen and oxygen atoms in total. The molecule has 0 aliphatic carbocycles. The van der Waals surface area contributed by atoms with Crippen molar-refractivity contribution in [1.29, 1.82) is 0 Å². The molecule has 0 radical (unpaired) electrons. The summed E-state index contributed by atoms with van der Waals surface area (Å²) in [5.41, 5.74) is 3.89. The molecule has 0 bridgehead atoms. The summed E-state index contributed by atoms with van der Waals surface area (Å²) in [6.45, 7) is 4.80. The van der Waals surface area contributed by atoms with Crippen molar-refractivity contribution in [3.05, 3.63) is 41.2 Å². The maximum atomic E-state index is 11.1. The molecule has 120 valence electrons. The van der Waals surface area contributed by atoms with Crippen LogP contribution in [0.2, 0.25) is 0 Å². The van der Waals surface area contributed by atoms with Crippen LogP contribution in [0.1, 0.15) is 17.0 Å². The number of hydrogen-bond acceptors (Lipinski definition) is 4. The van der Waals surface area contributed by atoms with Crippen LogP contribution in [0, 0.1) is 13.8 Å². The molecule has 0 spiro atoms. The van der Waals surface area contributed by atoms with Crippen LogP contribution in [-0.2, 0) is 23.5 Å². The van der Waals surface area contributed by atoms with Crippen LogP contribution < -0.4 is 10.0 Å². The van der Waals surface area contributed by atoms with Gasteiger partial charge in [0.1, 0.15) is 0 Å². The normalized spacial score (nSPS) is 11.5. The Labute approximate surface area is 131 Å². The highest BCUT2D eigenvalue weighted by atomic mass is 32.2. The average Bonchev–Trinajstić information content (AvgIpc) is 2.67.